The third kappa shape index (κ3) is 3.42. The van der Waals surface area contributed by atoms with E-state index in [1.807, 2.05) is 0 Å². The van der Waals surface area contributed by atoms with Crippen LogP contribution in [0.5, 0.6) is 0 Å². The number of carbonyl (C=O) groups is 1. The van der Waals surface area contributed by atoms with Crippen molar-refractivity contribution in [1.29, 1.82) is 0 Å². The van der Waals surface area contributed by atoms with E-state index < -0.39 is 11.7 Å². The minimum Gasteiger partial charge on any atom is -0.387 e. The third-order valence-electron chi connectivity index (χ3n) is 3.45. The van der Waals surface area contributed by atoms with Gasteiger partial charge in [-0.25, -0.2) is 9.38 Å². The summed E-state index contributed by atoms with van der Waals surface area (Å²) >= 11 is 11.7. The summed E-state index contributed by atoms with van der Waals surface area (Å²) in [7, 11) is 0. The Morgan fingerprint density at radius 3 is 2.58 bits per heavy atom. The Balaban J connectivity index is 1.79. The van der Waals surface area contributed by atoms with Gasteiger partial charge in [0.1, 0.15) is 11.7 Å². The van der Waals surface area contributed by atoms with Crippen LogP contribution in [0.2, 0.25) is 10.0 Å². The van der Waals surface area contributed by atoms with Crippen molar-refractivity contribution in [1.82, 2.24) is 0 Å². The maximum Gasteiger partial charge on any atom is 0.255 e. The summed E-state index contributed by atoms with van der Waals surface area (Å²) in [5.74, 6) is -0.462. The maximum absolute atomic E-state index is 14.3. The minimum atomic E-state index is -0.494. The second-order valence-electron chi connectivity index (χ2n) is 5.17. The SMILES string of the molecule is NC1=NC(c2ccc(NC(=O)c3ccc(Cl)c(Cl)c3)cc2F)=CC1. The molecule has 7 heteroatoms. The Bertz CT molecular complexity index is 893. The maximum atomic E-state index is 14.3. The number of hydrogen-bond donors (Lipinski definition) is 2. The molecule has 24 heavy (non-hydrogen) atoms. The predicted octanol–water partition coefficient (Wildman–Crippen LogP) is 4.49. The highest BCUT2D eigenvalue weighted by molar-refractivity contribution is 6.42. The third-order valence-corrected chi connectivity index (χ3v) is 4.19. The molecule has 3 rings (SSSR count). The van der Waals surface area contributed by atoms with Crippen LogP contribution >= 0.6 is 23.2 Å². The number of amidine groups is 1. The molecule has 3 N–H and O–H groups in total. The van der Waals surface area contributed by atoms with Crippen LogP contribution in [0.1, 0.15) is 22.3 Å². The first kappa shape index (κ1) is 16.5. The number of benzene rings is 2. The van der Waals surface area contributed by atoms with Gasteiger partial charge in [0.25, 0.3) is 5.91 Å². The Kier molecular flexibility index (Phi) is 4.55. The molecular formula is C17H12Cl2FN3O. The molecule has 1 aliphatic heterocycles. The molecule has 0 bridgehead atoms. The van der Waals surface area contributed by atoms with E-state index in [0.717, 1.165) is 0 Å². The fourth-order valence-corrected chi connectivity index (χ4v) is 2.56. The molecule has 0 aromatic heterocycles. The monoisotopic (exact) mass is 363 g/mol. The summed E-state index contributed by atoms with van der Waals surface area (Å²) in [6.07, 6.45) is 2.26. The number of aliphatic imine (C=N–C) groups is 1. The second-order valence-corrected chi connectivity index (χ2v) is 5.99. The number of hydrogen-bond acceptors (Lipinski definition) is 3. The van der Waals surface area contributed by atoms with Gasteiger partial charge < -0.3 is 11.1 Å². The average Bonchev–Trinajstić information content (AvgIpc) is 2.96. The van der Waals surface area contributed by atoms with Crippen LogP contribution in [0.4, 0.5) is 10.1 Å². The van der Waals surface area contributed by atoms with Gasteiger partial charge in [-0.3, -0.25) is 4.79 Å². The van der Waals surface area contributed by atoms with E-state index in [-0.39, 0.29) is 5.02 Å². The van der Waals surface area contributed by atoms with E-state index in [2.05, 4.69) is 10.3 Å². The van der Waals surface area contributed by atoms with Crippen molar-refractivity contribution in [3.05, 3.63) is 69.5 Å². The lowest BCUT2D eigenvalue weighted by Gasteiger charge is -2.08. The van der Waals surface area contributed by atoms with Gasteiger partial charge in [0.2, 0.25) is 0 Å². The van der Waals surface area contributed by atoms with E-state index in [4.69, 9.17) is 28.9 Å². The fraction of sp³-hybridized carbons (Fsp3) is 0.0588. The lowest BCUT2D eigenvalue weighted by molar-refractivity contribution is 0.102. The van der Waals surface area contributed by atoms with Crippen molar-refractivity contribution in [2.75, 3.05) is 5.32 Å². The summed E-state index contributed by atoms with van der Waals surface area (Å²) in [5.41, 5.74) is 7.07. The summed E-state index contributed by atoms with van der Waals surface area (Å²) in [6.45, 7) is 0. The Morgan fingerprint density at radius 1 is 1.17 bits per heavy atom. The number of anilines is 1. The number of nitrogens with zero attached hydrogens (tertiary/aromatic N) is 1. The topological polar surface area (TPSA) is 67.5 Å². The van der Waals surface area contributed by atoms with E-state index in [1.165, 1.54) is 24.3 Å². The molecule has 2 aromatic rings. The van der Waals surface area contributed by atoms with Gasteiger partial charge in [0.15, 0.2) is 0 Å². The molecule has 0 spiro atoms. The smallest absolute Gasteiger partial charge is 0.255 e. The molecule has 0 radical (unpaired) electrons. The standard InChI is InChI=1S/C17H12Cl2FN3O/c18-12-4-1-9(7-13(12)19)17(24)22-10-2-3-11(14(20)8-10)15-5-6-16(21)23-15/h1-5,7-8H,6H2,(H2,21,23)(H,22,24). The number of halogens is 3. The van der Waals surface area contributed by atoms with Crippen molar-refractivity contribution in [2.45, 2.75) is 6.42 Å². The van der Waals surface area contributed by atoms with Crippen LogP contribution in [0.15, 0.2) is 47.5 Å². The molecule has 0 aliphatic carbocycles. The summed E-state index contributed by atoms with van der Waals surface area (Å²) in [6, 6.07) is 8.89. The molecule has 4 nitrogen and oxygen atoms in total. The van der Waals surface area contributed by atoms with Gasteiger partial charge in [0.05, 0.1) is 15.7 Å². The van der Waals surface area contributed by atoms with Gasteiger partial charge in [0, 0.05) is 23.2 Å². The molecule has 0 saturated carbocycles. The van der Waals surface area contributed by atoms with Gasteiger partial charge >= 0.3 is 0 Å². The summed E-state index contributed by atoms with van der Waals surface area (Å²) in [5, 5.41) is 3.24. The van der Waals surface area contributed by atoms with Crippen molar-refractivity contribution in [3.63, 3.8) is 0 Å². The van der Waals surface area contributed by atoms with Gasteiger partial charge in [-0.1, -0.05) is 29.3 Å². The second kappa shape index (κ2) is 6.63. The van der Waals surface area contributed by atoms with Gasteiger partial charge in [-0.2, -0.15) is 0 Å². The van der Waals surface area contributed by atoms with Crippen LogP contribution in [0, 0.1) is 5.82 Å². The zero-order valence-electron chi connectivity index (χ0n) is 12.3. The Hall–Kier alpha value is -2.37. The highest BCUT2D eigenvalue weighted by Gasteiger charge is 2.14. The van der Waals surface area contributed by atoms with Crippen molar-refractivity contribution >= 4 is 46.3 Å². The largest absolute Gasteiger partial charge is 0.387 e. The minimum absolute atomic E-state index is 0.273. The molecule has 0 unspecified atom stereocenters. The molecule has 2 aromatic carbocycles. The van der Waals surface area contributed by atoms with Gasteiger partial charge in [-0.15, -0.1) is 0 Å². The number of nitrogens with two attached hydrogens (primary N) is 1. The van der Waals surface area contributed by atoms with Crippen molar-refractivity contribution in [2.24, 2.45) is 10.7 Å². The predicted molar refractivity (Wildman–Crippen MR) is 95.0 cm³/mol. The van der Waals surface area contributed by atoms with Gasteiger partial charge in [-0.05, 0) is 36.4 Å². The number of nitrogens with one attached hydrogen (secondary N) is 1. The van der Waals surface area contributed by atoms with E-state index in [9.17, 15) is 9.18 Å². The number of carbonyl (C=O) groups excluding carboxylic acids is 1. The molecular weight excluding hydrogens is 352 g/mol. The van der Waals surface area contributed by atoms with Crippen LogP contribution in [0.25, 0.3) is 5.70 Å². The number of rotatable bonds is 3. The zero-order valence-corrected chi connectivity index (χ0v) is 13.8. The normalized spacial score (nSPS) is 13.5. The zero-order chi connectivity index (χ0) is 17.3. The first-order chi connectivity index (χ1) is 11.4. The highest BCUT2D eigenvalue weighted by Crippen LogP contribution is 2.27. The molecule has 122 valence electrons. The molecule has 1 aliphatic rings. The first-order valence-electron chi connectivity index (χ1n) is 7.03. The van der Waals surface area contributed by atoms with Crippen molar-refractivity contribution < 1.29 is 9.18 Å². The average molecular weight is 364 g/mol. The molecule has 1 amide bonds. The van der Waals surface area contributed by atoms with Crippen molar-refractivity contribution in [3.8, 4) is 0 Å². The first-order valence-corrected chi connectivity index (χ1v) is 7.79. The number of amides is 1. The van der Waals surface area contributed by atoms with Crippen LogP contribution in [-0.4, -0.2) is 11.7 Å². The van der Waals surface area contributed by atoms with E-state index >= 15 is 0 Å². The molecule has 0 saturated heterocycles. The Labute approximate surface area is 147 Å². The van der Waals surface area contributed by atoms with E-state index in [1.54, 1.807) is 18.2 Å². The van der Waals surface area contributed by atoms with Crippen LogP contribution in [0.3, 0.4) is 0 Å². The fourth-order valence-electron chi connectivity index (χ4n) is 2.26. The van der Waals surface area contributed by atoms with Crippen LogP contribution in [-0.2, 0) is 0 Å². The molecule has 0 atom stereocenters. The molecule has 1 heterocycles. The Morgan fingerprint density at radius 2 is 1.96 bits per heavy atom. The summed E-state index contributed by atoms with van der Waals surface area (Å²) < 4.78 is 14.3. The quantitative estimate of drug-likeness (QED) is 0.843. The lowest BCUT2D eigenvalue weighted by atomic mass is 10.1. The lowest BCUT2D eigenvalue weighted by Crippen LogP contribution is -2.12. The van der Waals surface area contributed by atoms with Crippen LogP contribution < -0.4 is 11.1 Å². The molecule has 0 fully saturated rings. The highest BCUT2D eigenvalue weighted by atomic mass is 35.5. The van der Waals surface area contributed by atoms with E-state index in [0.29, 0.717) is 39.8 Å². The summed E-state index contributed by atoms with van der Waals surface area (Å²) in [4.78, 5) is 16.3.